The monoisotopic (exact) mass is 413 g/mol. The molecule has 118 valence electrons. The van der Waals surface area contributed by atoms with E-state index in [9.17, 15) is 4.79 Å². The summed E-state index contributed by atoms with van der Waals surface area (Å²) in [6, 6.07) is 9.26. The van der Waals surface area contributed by atoms with Gasteiger partial charge < -0.3 is 9.64 Å². The first kappa shape index (κ1) is 18.6. The lowest BCUT2D eigenvalue weighted by Gasteiger charge is -2.18. The average Bonchev–Trinajstić information content (AvgIpc) is 2.55. The highest BCUT2D eigenvalue weighted by Gasteiger charge is 2.17. The molecule has 1 rings (SSSR count). The van der Waals surface area contributed by atoms with E-state index in [4.69, 9.17) is 10.00 Å². The molecule has 1 aromatic rings. The number of hydrogen-bond acceptors (Lipinski definition) is 5. The highest BCUT2D eigenvalue weighted by atomic mass is 127. The van der Waals surface area contributed by atoms with Gasteiger partial charge in [0.2, 0.25) is 0 Å². The number of ether oxygens (including phenoxy) is 1. The van der Waals surface area contributed by atoms with E-state index in [1.807, 2.05) is 48.1 Å². The molecule has 0 saturated carbocycles. The van der Waals surface area contributed by atoms with Crippen molar-refractivity contribution in [2.75, 3.05) is 27.2 Å². The Morgan fingerprint density at radius 3 is 2.73 bits per heavy atom. The number of esters is 1. The van der Waals surface area contributed by atoms with Gasteiger partial charge in [0.1, 0.15) is 6.04 Å². The third kappa shape index (κ3) is 6.56. The van der Waals surface area contributed by atoms with Crippen molar-refractivity contribution in [3.8, 4) is 6.07 Å². The number of nitrogens with zero attached hydrogens (tertiary/aromatic N) is 2. The van der Waals surface area contributed by atoms with Gasteiger partial charge >= 0.3 is 5.97 Å². The fraction of sp³-hybridized carbons (Fsp3) is 0.375. The second kappa shape index (κ2) is 10.3. The van der Waals surface area contributed by atoms with Gasteiger partial charge in [0.25, 0.3) is 0 Å². The largest absolute Gasteiger partial charge is 0.468 e. The van der Waals surface area contributed by atoms with Crippen molar-refractivity contribution >= 4 is 34.9 Å². The van der Waals surface area contributed by atoms with Crippen molar-refractivity contribution in [1.29, 1.82) is 5.26 Å². The van der Waals surface area contributed by atoms with E-state index >= 15 is 0 Å². The number of nitrogens with one attached hydrogen (secondary N) is 1. The third-order valence-electron chi connectivity index (χ3n) is 3.18. The van der Waals surface area contributed by atoms with Gasteiger partial charge in [0, 0.05) is 36.0 Å². The maximum Gasteiger partial charge on any atom is 0.323 e. The van der Waals surface area contributed by atoms with E-state index in [1.54, 1.807) is 12.1 Å². The Morgan fingerprint density at radius 2 is 2.18 bits per heavy atom. The van der Waals surface area contributed by atoms with E-state index in [0.29, 0.717) is 12.0 Å². The number of halogens is 1. The first-order chi connectivity index (χ1) is 10.6. The summed E-state index contributed by atoms with van der Waals surface area (Å²) in [5, 5.41) is 8.75. The molecule has 22 heavy (non-hydrogen) atoms. The number of methoxy groups -OCH3 is 1. The maximum atomic E-state index is 11.5. The molecule has 0 spiro atoms. The zero-order valence-electron chi connectivity index (χ0n) is 12.8. The summed E-state index contributed by atoms with van der Waals surface area (Å²) >= 11 is 1.97. The molecule has 6 heteroatoms. The van der Waals surface area contributed by atoms with E-state index in [1.165, 1.54) is 7.11 Å². The van der Waals surface area contributed by atoms with Gasteiger partial charge in [-0.1, -0.05) is 24.3 Å². The molecule has 0 aliphatic carbocycles. The smallest absolute Gasteiger partial charge is 0.323 e. The molecule has 1 N–H and O–H groups in total. The van der Waals surface area contributed by atoms with Crippen molar-refractivity contribution in [1.82, 2.24) is 8.43 Å². The molecule has 0 heterocycles. The summed E-state index contributed by atoms with van der Waals surface area (Å²) in [6.07, 6.45) is 4.77. The quantitative estimate of drug-likeness (QED) is 0.403. The lowest BCUT2D eigenvalue weighted by Crippen LogP contribution is -2.35. The number of likely N-dealkylation sites (N-methyl/N-ethyl adjacent to an activating group) is 1. The zero-order chi connectivity index (χ0) is 16.4. The molecule has 0 aliphatic rings. The van der Waals surface area contributed by atoms with Crippen LogP contribution in [0.3, 0.4) is 0 Å². The molecule has 0 bridgehead atoms. The molecule has 0 fully saturated rings. The zero-order valence-corrected chi connectivity index (χ0v) is 14.9. The SMILES string of the molecule is COC(=O)[C@H](CCN(C)C/C=C/c1ccc(C#N)cc1)NI. The fourth-order valence-electron chi connectivity index (χ4n) is 1.84. The topological polar surface area (TPSA) is 65.4 Å². The summed E-state index contributed by atoms with van der Waals surface area (Å²) in [5.41, 5.74) is 1.73. The van der Waals surface area contributed by atoms with E-state index in [2.05, 4.69) is 20.6 Å². The molecule has 0 radical (unpaired) electrons. The highest BCUT2D eigenvalue weighted by Crippen LogP contribution is 2.05. The number of hydrogen-bond donors (Lipinski definition) is 1. The van der Waals surface area contributed by atoms with Gasteiger partial charge in [-0.15, -0.1) is 0 Å². The van der Waals surface area contributed by atoms with Crippen LogP contribution in [0.15, 0.2) is 30.3 Å². The molecule has 0 unspecified atom stereocenters. The minimum Gasteiger partial charge on any atom is -0.468 e. The first-order valence-corrected chi connectivity index (χ1v) is 7.97. The summed E-state index contributed by atoms with van der Waals surface area (Å²) in [7, 11) is 3.40. The number of benzene rings is 1. The average molecular weight is 413 g/mol. The Morgan fingerprint density at radius 1 is 1.50 bits per heavy atom. The normalized spacial score (nSPS) is 12.3. The Kier molecular flexibility index (Phi) is 8.74. The Hall–Kier alpha value is -1.43. The molecule has 0 aliphatic heterocycles. The summed E-state index contributed by atoms with van der Waals surface area (Å²) < 4.78 is 7.66. The van der Waals surface area contributed by atoms with Crippen LogP contribution in [0.5, 0.6) is 0 Å². The minimum absolute atomic E-state index is 0.240. The third-order valence-corrected chi connectivity index (χ3v) is 3.94. The summed E-state index contributed by atoms with van der Waals surface area (Å²) in [4.78, 5) is 13.6. The van der Waals surface area contributed by atoms with Gasteiger partial charge in [-0.05, 0) is 31.2 Å². The van der Waals surface area contributed by atoms with E-state index < -0.39 is 0 Å². The van der Waals surface area contributed by atoms with Crippen LogP contribution in [0.25, 0.3) is 6.08 Å². The van der Waals surface area contributed by atoms with Gasteiger partial charge in [0.05, 0.1) is 18.7 Å². The van der Waals surface area contributed by atoms with Crippen LogP contribution in [0.2, 0.25) is 0 Å². The van der Waals surface area contributed by atoms with Crippen molar-refractivity contribution < 1.29 is 9.53 Å². The van der Waals surface area contributed by atoms with Crippen LogP contribution in [0, 0.1) is 11.3 Å². The lowest BCUT2D eigenvalue weighted by atomic mass is 10.1. The minimum atomic E-state index is -0.282. The molecule has 1 atom stereocenters. The van der Waals surface area contributed by atoms with Crippen LogP contribution < -0.4 is 3.53 Å². The molecule has 0 amide bonds. The van der Waals surface area contributed by atoms with Gasteiger partial charge in [-0.3, -0.25) is 4.79 Å². The predicted molar refractivity (Wildman–Crippen MR) is 95.3 cm³/mol. The van der Waals surface area contributed by atoms with Crippen LogP contribution in [-0.4, -0.2) is 44.2 Å². The number of rotatable bonds is 8. The molecule has 0 saturated heterocycles. The highest BCUT2D eigenvalue weighted by molar-refractivity contribution is 14.1. The number of carbonyl (C=O) groups is 1. The summed E-state index contributed by atoms with van der Waals surface area (Å²) in [5.74, 6) is -0.240. The Bertz CT molecular complexity index is 537. The second-order valence-corrected chi connectivity index (χ2v) is 5.49. The number of nitriles is 1. The van der Waals surface area contributed by atoms with Crippen molar-refractivity contribution in [2.24, 2.45) is 0 Å². The van der Waals surface area contributed by atoms with Crippen LogP contribution in [-0.2, 0) is 9.53 Å². The van der Waals surface area contributed by atoms with Crippen molar-refractivity contribution in [3.63, 3.8) is 0 Å². The number of carbonyl (C=O) groups excluding carboxylic acids is 1. The summed E-state index contributed by atoms with van der Waals surface area (Å²) in [6.45, 7) is 1.57. The van der Waals surface area contributed by atoms with Crippen LogP contribution in [0.1, 0.15) is 17.5 Å². The van der Waals surface area contributed by atoms with E-state index in [-0.39, 0.29) is 12.0 Å². The van der Waals surface area contributed by atoms with Crippen LogP contribution in [0.4, 0.5) is 0 Å². The van der Waals surface area contributed by atoms with Crippen molar-refractivity contribution in [3.05, 3.63) is 41.5 Å². The van der Waals surface area contributed by atoms with Crippen LogP contribution >= 0.6 is 22.9 Å². The van der Waals surface area contributed by atoms with Gasteiger partial charge in [-0.2, -0.15) is 5.26 Å². The van der Waals surface area contributed by atoms with Gasteiger partial charge in [-0.25, -0.2) is 3.53 Å². The Labute approximate surface area is 145 Å². The standard InChI is InChI=1S/C16H20IN3O2/c1-20(11-9-15(19-17)16(21)22-2)10-3-4-13-5-7-14(12-18)8-6-13/h3-8,15,19H,9-11H2,1-2H3/b4-3+/t15-/m0/s1. The first-order valence-electron chi connectivity index (χ1n) is 6.90. The molecular weight excluding hydrogens is 393 g/mol. The van der Waals surface area contributed by atoms with Gasteiger partial charge in [0.15, 0.2) is 0 Å². The fourth-order valence-corrected chi connectivity index (χ4v) is 2.40. The molecule has 0 aromatic heterocycles. The van der Waals surface area contributed by atoms with Crippen molar-refractivity contribution in [2.45, 2.75) is 12.5 Å². The predicted octanol–water partition coefficient (Wildman–Crippen LogP) is 2.37. The lowest BCUT2D eigenvalue weighted by molar-refractivity contribution is -0.142. The second-order valence-electron chi connectivity index (χ2n) is 4.87. The Balaban J connectivity index is 2.38. The molecule has 5 nitrogen and oxygen atoms in total. The van der Waals surface area contributed by atoms with E-state index in [0.717, 1.165) is 18.7 Å². The molecule has 1 aromatic carbocycles. The molecular formula is C16H20IN3O2. The maximum absolute atomic E-state index is 11.5.